The van der Waals surface area contributed by atoms with Crippen LogP contribution in [0.3, 0.4) is 0 Å². The molecule has 1 amide bonds. The number of hydrogen-bond acceptors (Lipinski definition) is 3. The summed E-state index contributed by atoms with van der Waals surface area (Å²) in [6.45, 7) is 0. The molecule has 0 unspecified atom stereocenters. The molecule has 1 fully saturated rings. The summed E-state index contributed by atoms with van der Waals surface area (Å²) >= 11 is 0. The second kappa shape index (κ2) is 4.81. The second-order valence-electron chi connectivity index (χ2n) is 5.76. The Balaban J connectivity index is 1.99. The van der Waals surface area contributed by atoms with E-state index in [1.165, 1.54) is 12.5 Å². The van der Waals surface area contributed by atoms with Gasteiger partial charge in [-0.1, -0.05) is 19.3 Å². The number of amides is 1. The molecule has 0 radical (unpaired) electrons. The normalized spacial score (nSPS) is 20.5. The second-order valence-corrected chi connectivity index (χ2v) is 5.76. The Kier molecular flexibility index (Phi) is 3.12. The Morgan fingerprint density at radius 2 is 1.90 bits per heavy atom. The minimum Gasteiger partial charge on any atom is -0.478 e. The molecule has 5 nitrogen and oxygen atoms in total. The Labute approximate surface area is 117 Å². The number of fused-ring (bicyclic) bond motifs is 1. The van der Waals surface area contributed by atoms with E-state index in [0.29, 0.717) is 12.1 Å². The highest BCUT2D eigenvalue weighted by Crippen LogP contribution is 2.39. The number of anilines is 2. The Morgan fingerprint density at radius 3 is 2.60 bits per heavy atom. The minimum atomic E-state index is -0.956. The molecule has 5 heteroatoms. The van der Waals surface area contributed by atoms with Crippen molar-refractivity contribution in [2.45, 2.75) is 44.1 Å². The third kappa shape index (κ3) is 2.35. The van der Waals surface area contributed by atoms with E-state index < -0.39 is 5.97 Å². The lowest BCUT2D eigenvalue weighted by Gasteiger charge is -2.37. The van der Waals surface area contributed by atoms with E-state index >= 15 is 0 Å². The molecule has 2 aliphatic rings. The van der Waals surface area contributed by atoms with Crippen molar-refractivity contribution in [3.8, 4) is 0 Å². The molecule has 0 atom stereocenters. The average molecular weight is 274 g/mol. The third-order valence-electron chi connectivity index (χ3n) is 4.25. The summed E-state index contributed by atoms with van der Waals surface area (Å²) in [5.74, 6) is -0.955. The van der Waals surface area contributed by atoms with Gasteiger partial charge in [0.15, 0.2) is 0 Å². The van der Waals surface area contributed by atoms with Gasteiger partial charge in [0, 0.05) is 12.0 Å². The molecule has 1 aliphatic heterocycles. The van der Waals surface area contributed by atoms with Crippen molar-refractivity contribution < 1.29 is 14.7 Å². The number of hydrogen-bond donors (Lipinski definition) is 3. The van der Waals surface area contributed by atoms with Gasteiger partial charge in [-0.05, 0) is 31.0 Å². The van der Waals surface area contributed by atoms with E-state index in [9.17, 15) is 9.59 Å². The summed E-state index contributed by atoms with van der Waals surface area (Å²) in [6, 6.07) is 4.78. The number of carboxylic acid groups (broad SMARTS) is 1. The SMILES string of the molecule is O=C1CC2(CCCCC2)Nc2cc(C(=O)O)ccc2N1. The predicted octanol–water partition coefficient (Wildman–Crippen LogP) is 2.84. The molecule has 1 heterocycles. The zero-order chi connectivity index (χ0) is 14.2. The van der Waals surface area contributed by atoms with Crippen LogP contribution in [-0.2, 0) is 4.79 Å². The van der Waals surface area contributed by atoms with Crippen LogP contribution in [-0.4, -0.2) is 22.5 Å². The van der Waals surface area contributed by atoms with Crippen LogP contribution in [0.2, 0.25) is 0 Å². The zero-order valence-corrected chi connectivity index (χ0v) is 11.2. The lowest BCUT2D eigenvalue weighted by molar-refractivity contribution is -0.117. The molecular weight excluding hydrogens is 256 g/mol. The number of carboxylic acids is 1. The molecule has 0 saturated heterocycles. The lowest BCUT2D eigenvalue weighted by Crippen LogP contribution is -2.41. The van der Waals surface area contributed by atoms with Crippen molar-refractivity contribution in [1.29, 1.82) is 0 Å². The number of rotatable bonds is 1. The van der Waals surface area contributed by atoms with Gasteiger partial charge < -0.3 is 15.7 Å². The maximum Gasteiger partial charge on any atom is 0.335 e. The molecule has 1 aromatic carbocycles. The van der Waals surface area contributed by atoms with Gasteiger partial charge in [-0.3, -0.25) is 4.79 Å². The Bertz CT molecular complexity index is 562. The number of nitrogens with one attached hydrogen (secondary N) is 2. The van der Waals surface area contributed by atoms with E-state index in [0.717, 1.165) is 31.4 Å². The van der Waals surface area contributed by atoms with Gasteiger partial charge in [-0.2, -0.15) is 0 Å². The summed E-state index contributed by atoms with van der Waals surface area (Å²) in [4.78, 5) is 23.2. The van der Waals surface area contributed by atoms with Crippen molar-refractivity contribution in [2.75, 3.05) is 10.6 Å². The van der Waals surface area contributed by atoms with Gasteiger partial charge in [0.1, 0.15) is 0 Å². The van der Waals surface area contributed by atoms with E-state index in [1.807, 2.05) is 0 Å². The predicted molar refractivity (Wildman–Crippen MR) is 76.1 cm³/mol. The molecule has 1 aliphatic carbocycles. The van der Waals surface area contributed by atoms with E-state index in [2.05, 4.69) is 10.6 Å². The summed E-state index contributed by atoms with van der Waals surface area (Å²) in [5.41, 5.74) is 1.41. The van der Waals surface area contributed by atoms with Crippen molar-refractivity contribution in [3.05, 3.63) is 23.8 Å². The molecule has 1 saturated carbocycles. The number of benzene rings is 1. The van der Waals surface area contributed by atoms with Crippen molar-refractivity contribution in [3.63, 3.8) is 0 Å². The fourth-order valence-electron chi connectivity index (χ4n) is 3.25. The van der Waals surface area contributed by atoms with Crippen molar-refractivity contribution >= 4 is 23.3 Å². The lowest BCUT2D eigenvalue weighted by atomic mass is 9.79. The van der Waals surface area contributed by atoms with Crippen LogP contribution in [0, 0.1) is 0 Å². The van der Waals surface area contributed by atoms with Crippen molar-refractivity contribution in [1.82, 2.24) is 0 Å². The van der Waals surface area contributed by atoms with Gasteiger partial charge in [0.05, 0.1) is 16.9 Å². The summed E-state index contributed by atoms with van der Waals surface area (Å²) in [7, 11) is 0. The van der Waals surface area contributed by atoms with Crippen LogP contribution in [0.15, 0.2) is 18.2 Å². The summed E-state index contributed by atoms with van der Waals surface area (Å²) in [6.07, 6.45) is 5.77. The van der Waals surface area contributed by atoms with Crippen LogP contribution < -0.4 is 10.6 Å². The first-order valence-corrected chi connectivity index (χ1v) is 7.03. The fourth-order valence-corrected chi connectivity index (χ4v) is 3.25. The molecule has 20 heavy (non-hydrogen) atoms. The van der Waals surface area contributed by atoms with Crippen LogP contribution in [0.5, 0.6) is 0 Å². The zero-order valence-electron chi connectivity index (χ0n) is 11.2. The highest BCUT2D eigenvalue weighted by Gasteiger charge is 2.37. The van der Waals surface area contributed by atoms with E-state index in [-0.39, 0.29) is 17.0 Å². The maximum atomic E-state index is 12.1. The van der Waals surface area contributed by atoms with Gasteiger partial charge >= 0.3 is 5.97 Å². The van der Waals surface area contributed by atoms with Gasteiger partial charge in [0.25, 0.3) is 0 Å². The molecular formula is C15H18N2O3. The topological polar surface area (TPSA) is 78.4 Å². The van der Waals surface area contributed by atoms with Crippen LogP contribution in [0.25, 0.3) is 0 Å². The van der Waals surface area contributed by atoms with E-state index in [4.69, 9.17) is 5.11 Å². The number of carbonyl (C=O) groups is 2. The summed E-state index contributed by atoms with van der Waals surface area (Å²) < 4.78 is 0. The Morgan fingerprint density at radius 1 is 1.15 bits per heavy atom. The fraction of sp³-hybridized carbons (Fsp3) is 0.467. The summed E-state index contributed by atoms with van der Waals surface area (Å²) in [5, 5.41) is 15.4. The van der Waals surface area contributed by atoms with E-state index in [1.54, 1.807) is 12.1 Å². The third-order valence-corrected chi connectivity index (χ3v) is 4.25. The molecule has 0 bridgehead atoms. The molecule has 1 spiro atoms. The Hall–Kier alpha value is -2.04. The molecule has 106 valence electrons. The largest absolute Gasteiger partial charge is 0.478 e. The highest BCUT2D eigenvalue weighted by molar-refractivity contribution is 5.99. The first kappa shape index (κ1) is 13.0. The quantitative estimate of drug-likeness (QED) is 0.735. The molecule has 0 aromatic heterocycles. The van der Waals surface area contributed by atoms with Gasteiger partial charge in [-0.15, -0.1) is 0 Å². The van der Waals surface area contributed by atoms with Crippen LogP contribution >= 0.6 is 0 Å². The first-order valence-electron chi connectivity index (χ1n) is 7.03. The number of carbonyl (C=O) groups excluding carboxylic acids is 1. The molecule has 3 N–H and O–H groups in total. The van der Waals surface area contributed by atoms with Crippen molar-refractivity contribution in [2.24, 2.45) is 0 Å². The molecule has 3 rings (SSSR count). The highest BCUT2D eigenvalue weighted by atomic mass is 16.4. The first-order chi connectivity index (χ1) is 9.58. The minimum absolute atomic E-state index is 0.00113. The maximum absolute atomic E-state index is 12.1. The monoisotopic (exact) mass is 274 g/mol. The average Bonchev–Trinajstić information content (AvgIpc) is 2.53. The van der Waals surface area contributed by atoms with Gasteiger partial charge in [-0.25, -0.2) is 4.79 Å². The van der Waals surface area contributed by atoms with Crippen LogP contribution in [0.1, 0.15) is 48.9 Å². The van der Waals surface area contributed by atoms with Gasteiger partial charge in [0.2, 0.25) is 5.91 Å². The number of aromatic carboxylic acids is 1. The smallest absolute Gasteiger partial charge is 0.335 e. The molecule has 1 aromatic rings. The standard InChI is InChI=1S/C15H18N2O3/c18-13-9-15(6-2-1-3-7-15)17-12-8-10(14(19)20)4-5-11(12)16-13/h4-5,8,17H,1-3,6-7,9H2,(H,16,18)(H,19,20). The van der Waals surface area contributed by atoms with Crippen LogP contribution in [0.4, 0.5) is 11.4 Å².